The van der Waals surface area contributed by atoms with Gasteiger partial charge in [-0.3, -0.25) is 9.69 Å². The number of hydrogen-bond donors (Lipinski definition) is 0. The van der Waals surface area contributed by atoms with E-state index in [0.29, 0.717) is 23.7 Å². The van der Waals surface area contributed by atoms with Gasteiger partial charge in [0.25, 0.3) is 5.91 Å². The average Bonchev–Trinajstić information content (AvgIpc) is 3.28. The predicted octanol–water partition coefficient (Wildman–Crippen LogP) is 4.95. The zero-order chi connectivity index (χ0) is 25.4. The number of aromatic nitrogens is 3. The van der Waals surface area contributed by atoms with Gasteiger partial charge < -0.3 is 9.64 Å². The maximum absolute atomic E-state index is 13.9. The van der Waals surface area contributed by atoms with Crippen LogP contribution in [-0.4, -0.2) is 75.4 Å². The molecule has 0 N–H and O–H groups in total. The second-order valence-electron chi connectivity index (χ2n) is 11.0. The monoisotopic (exact) mass is 489 g/mol. The molecule has 0 spiro atoms. The Morgan fingerprint density at radius 2 is 1.81 bits per heavy atom. The summed E-state index contributed by atoms with van der Waals surface area (Å²) in [6.45, 7) is 15.3. The van der Waals surface area contributed by atoms with E-state index in [0.717, 1.165) is 73.4 Å². The van der Waals surface area contributed by atoms with E-state index in [1.807, 2.05) is 34.0 Å². The summed E-state index contributed by atoms with van der Waals surface area (Å²) in [7, 11) is 0. The average molecular weight is 490 g/mol. The highest BCUT2D eigenvalue weighted by Gasteiger charge is 2.29. The molecule has 7 nitrogen and oxygen atoms in total. The molecule has 0 saturated carbocycles. The van der Waals surface area contributed by atoms with Crippen LogP contribution in [0, 0.1) is 12.8 Å². The molecule has 3 aromatic rings. The molecule has 0 radical (unpaired) electrons. The van der Waals surface area contributed by atoms with Crippen LogP contribution < -0.4 is 0 Å². The minimum absolute atomic E-state index is 0.0904. The molecule has 192 valence electrons. The lowest BCUT2D eigenvalue weighted by molar-refractivity contribution is -0.0728. The normalized spacial score (nSPS) is 22.0. The Kier molecular flexibility index (Phi) is 7.13. The van der Waals surface area contributed by atoms with E-state index in [2.05, 4.69) is 56.8 Å². The van der Waals surface area contributed by atoms with Gasteiger partial charge in [-0.05, 0) is 65.0 Å². The van der Waals surface area contributed by atoms with Gasteiger partial charge in [0.2, 0.25) is 0 Å². The first-order chi connectivity index (χ1) is 17.3. The fourth-order valence-corrected chi connectivity index (χ4v) is 5.86. The van der Waals surface area contributed by atoms with Crippen LogP contribution in [0.15, 0.2) is 36.5 Å². The van der Waals surface area contributed by atoms with Gasteiger partial charge in [-0.15, -0.1) is 0 Å². The third-order valence-corrected chi connectivity index (χ3v) is 7.62. The number of morpholine rings is 1. The molecular formula is C29H39N5O2. The molecular weight excluding hydrogens is 450 g/mol. The van der Waals surface area contributed by atoms with Crippen molar-refractivity contribution in [2.24, 2.45) is 5.92 Å². The first-order valence-electron chi connectivity index (χ1n) is 13.4. The predicted molar refractivity (Wildman–Crippen MR) is 143 cm³/mol. The Balaban J connectivity index is 1.37. The summed E-state index contributed by atoms with van der Waals surface area (Å²) < 4.78 is 7.82. The fourth-order valence-electron chi connectivity index (χ4n) is 5.86. The molecule has 2 atom stereocenters. The van der Waals surface area contributed by atoms with Gasteiger partial charge in [0.1, 0.15) is 0 Å². The lowest BCUT2D eigenvalue weighted by Gasteiger charge is -2.39. The van der Waals surface area contributed by atoms with E-state index < -0.39 is 0 Å². The number of nitrogens with zero attached hydrogens (tertiary/aromatic N) is 5. The van der Waals surface area contributed by atoms with Crippen LogP contribution in [0.25, 0.3) is 22.3 Å². The summed E-state index contributed by atoms with van der Waals surface area (Å²) in [5, 5.41) is 5.43. The number of rotatable bonds is 5. The third-order valence-electron chi connectivity index (χ3n) is 7.62. The molecule has 36 heavy (non-hydrogen) atoms. The minimum Gasteiger partial charge on any atom is -0.373 e. The summed E-state index contributed by atoms with van der Waals surface area (Å²) in [6, 6.07) is 10.4. The molecule has 7 heteroatoms. The van der Waals surface area contributed by atoms with Gasteiger partial charge in [0.05, 0.1) is 35.0 Å². The van der Waals surface area contributed by atoms with Gasteiger partial charge in [0.15, 0.2) is 5.65 Å². The molecule has 5 rings (SSSR count). The molecule has 2 saturated heterocycles. The lowest BCUT2D eigenvalue weighted by atomic mass is 9.94. The third kappa shape index (κ3) is 5.04. The molecule has 2 aliphatic heterocycles. The second-order valence-corrected chi connectivity index (χ2v) is 11.0. The largest absolute Gasteiger partial charge is 0.373 e. The molecule has 0 aliphatic carbocycles. The van der Waals surface area contributed by atoms with E-state index in [1.54, 1.807) is 0 Å². The number of amides is 1. The van der Waals surface area contributed by atoms with Gasteiger partial charge in [-0.25, -0.2) is 9.67 Å². The van der Waals surface area contributed by atoms with Crippen molar-refractivity contribution in [3.63, 3.8) is 0 Å². The summed E-state index contributed by atoms with van der Waals surface area (Å²) >= 11 is 0. The SMILES string of the molecule is Cc1ccccc1-c1cc(C(=O)N2CCC(CN3CC(C)OC(C)C3)CC2)c2cnn(C(C)C)c2n1. The van der Waals surface area contributed by atoms with Gasteiger partial charge in [-0.2, -0.15) is 5.10 Å². The molecule has 2 unspecified atom stereocenters. The Morgan fingerprint density at radius 3 is 2.47 bits per heavy atom. The summed E-state index contributed by atoms with van der Waals surface area (Å²) in [6.07, 6.45) is 4.47. The quantitative estimate of drug-likeness (QED) is 0.508. The van der Waals surface area contributed by atoms with Crippen molar-refractivity contribution >= 4 is 16.9 Å². The van der Waals surface area contributed by atoms with Crippen molar-refractivity contribution in [3.8, 4) is 11.3 Å². The Labute approximate surface area is 214 Å². The first-order valence-corrected chi connectivity index (χ1v) is 13.4. The number of carbonyl (C=O) groups is 1. The highest BCUT2D eigenvalue weighted by molar-refractivity contribution is 6.06. The highest BCUT2D eigenvalue weighted by atomic mass is 16.5. The van der Waals surface area contributed by atoms with Crippen LogP contribution in [-0.2, 0) is 4.74 Å². The van der Waals surface area contributed by atoms with E-state index in [-0.39, 0.29) is 11.9 Å². The Hall–Kier alpha value is -2.77. The number of hydrogen-bond acceptors (Lipinski definition) is 5. The summed E-state index contributed by atoms with van der Waals surface area (Å²) in [5.74, 6) is 0.711. The van der Waals surface area contributed by atoms with Gasteiger partial charge in [0, 0.05) is 44.3 Å². The van der Waals surface area contributed by atoms with E-state index in [1.165, 1.54) is 0 Å². The first kappa shape index (κ1) is 24.9. The van der Waals surface area contributed by atoms with E-state index in [4.69, 9.17) is 9.72 Å². The van der Waals surface area contributed by atoms with Crippen molar-refractivity contribution in [3.05, 3.63) is 47.7 Å². The number of carbonyl (C=O) groups excluding carboxylic acids is 1. The van der Waals surface area contributed by atoms with Crippen molar-refractivity contribution in [1.82, 2.24) is 24.6 Å². The number of benzene rings is 1. The van der Waals surface area contributed by atoms with Crippen molar-refractivity contribution in [2.45, 2.75) is 65.7 Å². The molecule has 1 aromatic carbocycles. The summed E-state index contributed by atoms with van der Waals surface area (Å²) in [5.41, 5.74) is 4.51. The fraction of sp³-hybridized carbons (Fsp3) is 0.552. The van der Waals surface area contributed by atoms with Gasteiger partial charge >= 0.3 is 0 Å². The smallest absolute Gasteiger partial charge is 0.254 e. The topological polar surface area (TPSA) is 63.5 Å². The van der Waals surface area contributed by atoms with Crippen LogP contribution in [0.4, 0.5) is 0 Å². The minimum atomic E-state index is 0.0904. The zero-order valence-corrected chi connectivity index (χ0v) is 22.3. The zero-order valence-electron chi connectivity index (χ0n) is 22.3. The Bertz CT molecular complexity index is 1220. The van der Waals surface area contributed by atoms with Crippen molar-refractivity contribution in [2.75, 3.05) is 32.7 Å². The standard InChI is InChI=1S/C29H39N5O2/c1-19(2)34-28-26(15-30-34)25(14-27(31-28)24-9-7-6-8-20(24)3)29(35)33-12-10-23(11-13-33)18-32-16-21(4)36-22(5)17-32/h6-9,14-15,19,21-23H,10-13,16-18H2,1-5H3. The number of pyridine rings is 1. The molecule has 2 fully saturated rings. The molecule has 0 bridgehead atoms. The molecule has 2 aliphatic rings. The number of piperidine rings is 1. The van der Waals surface area contributed by atoms with Crippen LogP contribution >= 0.6 is 0 Å². The lowest BCUT2D eigenvalue weighted by Crippen LogP contribution is -2.48. The van der Waals surface area contributed by atoms with Gasteiger partial charge in [-0.1, -0.05) is 24.3 Å². The van der Waals surface area contributed by atoms with Crippen LogP contribution in [0.5, 0.6) is 0 Å². The summed E-state index contributed by atoms with van der Waals surface area (Å²) in [4.78, 5) is 23.4. The van der Waals surface area contributed by atoms with Crippen molar-refractivity contribution < 1.29 is 9.53 Å². The molecule has 1 amide bonds. The van der Waals surface area contributed by atoms with Crippen LogP contribution in [0.2, 0.25) is 0 Å². The number of ether oxygens (including phenoxy) is 1. The van der Waals surface area contributed by atoms with Crippen LogP contribution in [0.3, 0.4) is 0 Å². The number of aryl methyl sites for hydroxylation is 1. The maximum Gasteiger partial charge on any atom is 0.254 e. The molecule has 4 heterocycles. The maximum atomic E-state index is 13.9. The Morgan fingerprint density at radius 1 is 1.11 bits per heavy atom. The van der Waals surface area contributed by atoms with Crippen molar-refractivity contribution in [1.29, 1.82) is 0 Å². The van der Waals surface area contributed by atoms with E-state index in [9.17, 15) is 4.79 Å². The second kappa shape index (κ2) is 10.3. The molecule has 2 aromatic heterocycles. The number of likely N-dealkylation sites (tertiary alicyclic amines) is 1. The number of fused-ring (bicyclic) bond motifs is 1. The van der Waals surface area contributed by atoms with Crippen LogP contribution in [0.1, 0.15) is 62.5 Å². The highest BCUT2D eigenvalue weighted by Crippen LogP contribution is 2.30. The van der Waals surface area contributed by atoms with E-state index >= 15 is 0 Å².